The molecule has 2 N–H and O–H groups in total. The van der Waals surface area contributed by atoms with Crippen LogP contribution in [0.3, 0.4) is 0 Å². The highest BCUT2D eigenvalue weighted by molar-refractivity contribution is 5.31. The smallest absolute Gasteiger partial charge is 0.138 e. The standard InChI is InChI=1S/C16H20FN3/c1-11(18)8-12-9-19-15(20-10-12)16(2,3)13-4-6-14(17)7-5-13/h4-7,9-11H,8,18H2,1-3H3. The summed E-state index contributed by atoms with van der Waals surface area (Å²) in [6.45, 7) is 6.01. The van der Waals surface area contributed by atoms with Crippen LogP contribution in [0.15, 0.2) is 36.7 Å². The Hall–Kier alpha value is -1.81. The fourth-order valence-electron chi connectivity index (χ4n) is 2.15. The summed E-state index contributed by atoms with van der Waals surface area (Å²) in [4.78, 5) is 8.88. The number of rotatable bonds is 4. The fourth-order valence-corrected chi connectivity index (χ4v) is 2.15. The first-order valence-electron chi connectivity index (χ1n) is 6.72. The molecule has 1 atom stereocenters. The Bertz CT molecular complexity index is 559. The summed E-state index contributed by atoms with van der Waals surface area (Å²) in [5.41, 5.74) is 7.41. The normalized spacial score (nSPS) is 13.2. The van der Waals surface area contributed by atoms with Gasteiger partial charge in [-0.2, -0.15) is 0 Å². The maximum atomic E-state index is 13.0. The first kappa shape index (κ1) is 14.6. The van der Waals surface area contributed by atoms with Gasteiger partial charge in [-0.15, -0.1) is 0 Å². The zero-order chi connectivity index (χ0) is 14.8. The average molecular weight is 273 g/mol. The molecule has 0 bridgehead atoms. The molecule has 0 saturated heterocycles. The second-order valence-corrected chi connectivity index (χ2v) is 5.73. The molecule has 0 fully saturated rings. The molecule has 1 heterocycles. The van der Waals surface area contributed by atoms with Crippen molar-refractivity contribution in [2.45, 2.75) is 38.6 Å². The van der Waals surface area contributed by atoms with Crippen LogP contribution in [0.1, 0.15) is 37.7 Å². The van der Waals surface area contributed by atoms with Crippen molar-refractivity contribution in [2.75, 3.05) is 0 Å². The minimum absolute atomic E-state index is 0.0922. The third-order valence-electron chi connectivity index (χ3n) is 3.39. The van der Waals surface area contributed by atoms with Crippen LogP contribution in [0.25, 0.3) is 0 Å². The summed E-state index contributed by atoms with van der Waals surface area (Å²) in [6, 6.07) is 6.56. The molecule has 2 aromatic rings. The summed E-state index contributed by atoms with van der Waals surface area (Å²) in [5.74, 6) is 0.482. The van der Waals surface area contributed by atoms with Gasteiger partial charge in [-0.25, -0.2) is 14.4 Å². The van der Waals surface area contributed by atoms with Crippen LogP contribution in [0.2, 0.25) is 0 Å². The predicted octanol–water partition coefficient (Wildman–Crippen LogP) is 2.83. The number of halogens is 1. The highest BCUT2D eigenvalue weighted by atomic mass is 19.1. The van der Waals surface area contributed by atoms with Crippen LogP contribution in [-0.4, -0.2) is 16.0 Å². The van der Waals surface area contributed by atoms with Gasteiger partial charge in [0, 0.05) is 23.9 Å². The minimum atomic E-state index is -0.361. The number of benzene rings is 1. The first-order chi connectivity index (χ1) is 9.39. The molecule has 3 nitrogen and oxygen atoms in total. The van der Waals surface area contributed by atoms with Gasteiger partial charge in [0.15, 0.2) is 0 Å². The molecule has 0 spiro atoms. The molecule has 0 amide bonds. The van der Waals surface area contributed by atoms with E-state index < -0.39 is 0 Å². The Morgan fingerprint density at radius 3 is 2.20 bits per heavy atom. The van der Waals surface area contributed by atoms with E-state index in [-0.39, 0.29) is 17.3 Å². The van der Waals surface area contributed by atoms with Crippen LogP contribution >= 0.6 is 0 Å². The van der Waals surface area contributed by atoms with Gasteiger partial charge in [0.1, 0.15) is 11.6 Å². The zero-order valence-electron chi connectivity index (χ0n) is 12.1. The second-order valence-electron chi connectivity index (χ2n) is 5.73. The summed E-state index contributed by atoms with van der Waals surface area (Å²) < 4.78 is 13.0. The highest BCUT2D eigenvalue weighted by Gasteiger charge is 2.26. The van der Waals surface area contributed by atoms with Crippen LogP contribution in [-0.2, 0) is 11.8 Å². The van der Waals surface area contributed by atoms with Gasteiger partial charge in [-0.1, -0.05) is 12.1 Å². The van der Waals surface area contributed by atoms with Crippen molar-refractivity contribution in [1.82, 2.24) is 9.97 Å². The summed E-state index contributed by atoms with van der Waals surface area (Å²) >= 11 is 0. The fraction of sp³-hybridized carbons (Fsp3) is 0.375. The second kappa shape index (κ2) is 5.67. The molecule has 4 heteroatoms. The monoisotopic (exact) mass is 273 g/mol. The third kappa shape index (κ3) is 3.20. The van der Waals surface area contributed by atoms with E-state index in [1.165, 1.54) is 12.1 Å². The minimum Gasteiger partial charge on any atom is -0.328 e. The molecule has 106 valence electrons. The number of aromatic nitrogens is 2. The number of hydrogen-bond acceptors (Lipinski definition) is 3. The van der Waals surface area contributed by atoms with Gasteiger partial charge in [0.2, 0.25) is 0 Å². The Balaban J connectivity index is 2.27. The molecular weight excluding hydrogens is 253 g/mol. The van der Waals surface area contributed by atoms with E-state index in [2.05, 4.69) is 9.97 Å². The van der Waals surface area contributed by atoms with Crippen LogP contribution < -0.4 is 5.73 Å². The first-order valence-corrected chi connectivity index (χ1v) is 6.72. The van der Waals surface area contributed by atoms with Crippen LogP contribution in [0.5, 0.6) is 0 Å². The van der Waals surface area contributed by atoms with Gasteiger partial charge in [0.05, 0.1) is 0 Å². The zero-order valence-corrected chi connectivity index (χ0v) is 12.1. The Labute approximate surface area is 119 Å². The molecule has 1 aromatic carbocycles. The maximum Gasteiger partial charge on any atom is 0.138 e. The van der Waals surface area contributed by atoms with Crippen LogP contribution in [0.4, 0.5) is 4.39 Å². The summed E-state index contributed by atoms with van der Waals surface area (Å²) in [5, 5.41) is 0. The third-order valence-corrected chi connectivity index (χ3v) is 3.39. The molecule has 1 aromatic heterocycles. The number of hydrogen-bond donors (Lipinski definition) is 1. The lowest BCUT2D eigenvalue weighted by molar-refractivity contribution is 0.580. The predicted molar refractivity (Wildman–Crippen MR) is 77.9 cm³/mol. The number of nitrogens with two attached hydrogens (primary N) is 1. The van der Waals surface area contributed by atoms with E-state index in [0.29, 0.717) is 0 Å². The van der Waals surface area contributed by atoms with E-state index in [4.69, 9.17) is 5.73 Å². The van der Waals surface area contributed by atoms with Crippen molar-refractivity contribution < 1.29 is 4.39 Å². The van der Waals surface area contributed by atoms with Crippen molar-refractivity contribution in [1.29, 1.82) is 0 Å². The molecule has 0 aliphatic rings. The van der Waals surface area contributed by atoms with Crippen LogP contribution in [0, 0.1) is 5.82 Å². The molecule has 1 unspecified atom stereocenters. The molecule has 0 radical (unpaired) electrons. The van der Waals surface area contributed by atoms with Crippen molar-refractivity contribution in [2.24, 2.45) is 5.73 Å². The van der Waals surface area contributed by atoms with Gasteiger partial charge in [-0.3, -0.25) is 0 Å². The van der Waals surface area contributed by atoms with Crippen molar-refractivity contribution in [3.8, 4) is 0 Å². The van der Waals surface area contributed by atoms with E-state index >= 15 is 0 Å². The SMILES string of the molecule is CC(N)Cc1cnc(C(C)(C)c2ccc(F)cc2)nc1. The van der Waals surface area contributed by atoms with Gasteiger partial charge in [0.25, 0.3) is 0 Å². The molecule has 20 heavy (non-hydrogen) atoms. The number of nitrogens with zero attached hydrogens (tertiary/aromatic N) is 2. The maximum absolute atomic E-state index is 13.0. The Morgan fingerprint density at radius 2 is 1.70 bits per heavy atom. The lowest BCUT2D eigenvalue weighted by Crippen LogP contribution is -2.23. The molecule has 0 saturated carbocycles. The van der Waals surface area contributed by atoms with E-state index in [1.54, 1.807) is 12.1 Å². The van der Waals surface area contributed by atoms with E-state index in [1.807, 2.05) is 33.2 Å². The Kier molecular flexibility index (Phi) is 4.14. The van der Waals surface area contributed by atoms with Crippen molar-refractivity contribution in [3.05, 3.63) is 59.4 Å². The Morgan fingerprint density at radius 1 is 1.15 bits per heavy atom. The van der Waals surface area contributed by atoms with Crippen molar-refractivity contribution in [3.63, 3.8) is 0 Å². The molecule has 0 aliphatic heterocycles. The average Bonchev–Trinajstić information content (AvgIpc) is 2.39. The molecular formula is C16H20FN3. The van der Waals surface area contributed by atoms with E-state index in [0.717, 1.165) is 23.4 Å². The summed E-state index contributed by atoms with van der Waals surface area (Å²) in [7, 11) is 0. The largest absolute Gasteiger partial charge is 0.328 e. The van der Waals surface area contributed by atoms with Gasteiger partial charge >= 0.3 is 0 Å². The van der Waals surface area contributed by atoms with Gasteiger partial charge in [-0.05, 0) is 50.5 Å². The molecule has 0 aliphatic carbocycles. The summed E-state index contributed by atoms with van der Waals surface area (Å²) in [6.07, 6.45) is 4.39. The van der Waals surface area contributed by atoms with Crippen molar-refractivity contribution >= 4 is 0 Å². The van der Waals surface area contributed by atoms with Gasteiger partial charge < -0.3 is 5.73 Å². The lowest BCUT2D eigenvalue weighted by atomic mass is 9.83. The van der Waals surface area contributed by atoms with E-state index in [9.17, 15) is 4.39 Å². The molecule has 2 rings (SSSR count). The topological polar surface area (TPSA) is 51.8 Å². The quantitative estimate of drug-likeness (QED) is 0.932. The lowest BCUT2D eigenvalue weighted by Gasteiger charge is -2.23. The highest BCUT2D eigenvalue weighted by Crippen LogP contribution is 2.28.